The Labute approximate surface area is 187 Å². The van der Waals surface area contributed by atoms with Crippen molar-refractivity contribution in [1.29, 1.82) is 0 Å². The van der Waals surface area contributed by atoms with Crippen molar-refractivity contribution < 1.29 is 9.59 Å². The Bertz CT molecular complexity index is 1120. The number of imide groups is 1. The molecule has 1 aliphatic heterocycles. The van der Waals surface area contributed by atoms with E-state index < -0.39 is 0 Å². The first-order valence-corrected chi connectivity index (χ1v) is 11.3. The monoisotopic (exact) mass is 430 g/mol. The summed E-state index contributed by atoms with van der Waals surface area (Å²) >= 11 is 1.47. The van der Waals surface area contributed by atoms with Gasteiger partial charge in [-0.1, -0.05) is 57.2 Å². The summed E-state index contributed by atoms with van der Waals surface area (Å²) in [6.07, 6.45) is 0. The molecule has 1 aromatic heterocycles. The Hall–Kier alpha value is -3.18. The molecule has 0 atom stereocenters. The highest BCUT2D eigenvalue weighted by Crippen LogP contribution is 2.38. The molecule has 2 amide bonds. The number of carbonyl (C=O) groups is 2. The first kappa shape index (κ1) is 21.1. The summed E-state index contributed by atoms with van der Waals surface area (Å²) in [5, 5.41) is 1.93. The number of anilines is 2. The lowest BCUT2D eigenvalue weighted by atomic mass is 9.87. The molecule has 0 spiro atoms. The van der Waals surface area contributed by atoms with E-state index >= 15 is 0 Å². The van der Waals surface area contributed by atoms with Crippen LogP contribution >= 0.6 is 11.3 Å². The van der Waals surface area contributed by atoms with E-state index in [-0.39, 0.29) is 17.2 Å². The first-order valence-electron chi connectivity index (χ1n) is 10.4. The van der Waals surface area contributed by atoms with E-state index in [0.29, 0.717) is 23.5 Å². The molecule has 31 heavy (non-hydrogen) atoms. The largest absolute Gasteiger partial charge is 0.337 e. The second-order valence-electron chi connectivity index (χ2n) is 8.52. The maximum atomic E-state index is 13.7. The molecule has 2 aromatic carbocycles. The molecule has 4 nitrogen and oxygen atoms in total. The number of amides is 2. The molecule has 5 heteroatoms. The van der Waals surface area contributed by atoms with E-state index in [1.165, 1.54) is 16.2 Å². The molecule has 0 saturated carbocycles. The minimum Gasteiger partial charge on any atom is -0.337 e. The molecule has 0 bridgehead atoms. The lowest BCUT2D eigenvalue weighted by Crippen LogP contribution is -2.35. The normalized spacial score (nSPS) is 14.5. The summed E-state index contributed by atoms with van der Waals surface area (Å²) in [4.78, 5) is 31.3. The van der Waals surface area contributed by atoms with Crippen LogP contribution in [0.5, 0.6) is 0 Å². The zero-order chi connectivity index (χ0) is 22.2. The number of nitrogens with zero attached hydrogens (tertiary/aromatic N) is 2. The average Bonchev–Trinajstić information content (AvgIpc) is 3.36. The number of para-hydroxylation sites is 1. The summed E-state index contributed by atoms with van der Waals surface area (Å²) in [6.45, 7) is 8.99. The summed E-state index contributed by atoms with van der Waals surface area (Å²) in [5.41, 5.74) is 3.53. The lowest BCUT2D eigenvalue weighted by Gasteiger charge is -2.25. The molecule has 0 radical (unpaired) electrons. The van der Waals surface area contributed by atoms with E-state index in [4.69, 9.17) is 0 Å². The Kier molecular flexibility index (Phi) is 5.54. The SMILES string of the molecule is CCN(C1=C(c2cccs2)C(=O)N(c2ccc(C(C)(C)C)cc2)C1=O)c1ccccc1. The van der Waals surface area contributed by atoms with Gasteiger partial charge in [0.05, 0.1) is 11.3 Å². The van der Waals surface area contributed by atoms with Crippen LogP contribution in [0.15, 0.2) is 77.8 Å². The number of benzene rings is 2. The van der Waals surface area contributed by atoms with Gasteiger partial charge in [-0.15, -0.1) is 11.3 Å². The highest BCUT2D eigenvalue weighted by molar-refractivity contribution is 7.11. The van der Waals surface area contributed by atoms with Gasteiger partial charge < -0.3 is 4.90 Å². The third-order valence-electron chi connectivity index (χ3n) is 5.47. The van der Waals surface area contributed by atoms with Gasteiger partial charge in [0.1, 0.15) is 5.70 Å². The summed E-state index contributed by atoms with van der Waals surface area (Å²) in [6, 6.07) is 21.3. The average molecular weight is 431 g/mol. The van der Waals surface area contributed by atoms with Crippen molar-refractivity contribution in [2.24, 2.45) is 0 Å². The van der Waals surface area contributed by atoms with Crippen LogP contribution in [0.1, 0.15) is 38.1 Å². The fourth-order valence-corrected chi connectivity index (χ4v) is 4.60. The van der Waals surface area contributed by atoms with Gasteiger partial charge >= 0.3 is 0 Å². The smallest absolute Gasteiger partial charge is 0.282 e. The molecule has 158 valence electrons. The molecule has 4 rings (SSSR count). The molecule has 0 unspecified atom stereocenters. The molecular formula is C26H26N2O2S. The molecular weight excluding hydrogens is 404 g/mol. The minimum atomic E-state index is -0.289. The fraction of sp³-hybridized carbons (Fsp3) is 0.231. The molecule has 0 N–H and O–H groups in total. The molecule has 3 aromatic rings. The van der Waals surface area contributed by atoms with E-state index in [9.17, 15) is 9.59 Å². The molecule has 2 heterocycles. The second-order valence-corrected chi connectivity index (χ2v) is 9.47. The van der Waals surface area contributed by atoms with Crippen LogP contribution in [0.3, 0.4) is 0 Å². The van der Waals surface area contributed by atoms with Gasteiger partial charge in [0.15, 0.2) is 0 Å². The zero-order valence-corrected chi connectivity index (χ0v) is 19.1. The van der Waals surface area contributed by atoms with Gasteiger partial charge in [0.2, 0.25) is 0 Å². The van der Waals surface area contributed by atoms with Gasteiger partial charge in [-0.25, -0.2) is 4.90 Å². The maximum Gasteiger partial charge on any atom is 0.282 e. The molecule has 1 aliphatic rings. The Morgan fingerprint density at radius 2 is 1.55 bits per heavy atom. The van der Waals surface area contributed by atoms with Crippen molar-refractivity contribution in [3.8, 4) is 0 Å². The van der Waals surface area contributed by atoms with Crippen LogP contribution in [0.4, 0.5) is 11.4 Å². The Balaban J connectivity index is 1.82. The minimum absolute atomic E-state index is 0.00455. The van der Waals surface area contributed by atoms with Crippen molar-refractivity contribution in [1.82, 2.24) is 0 Å². The lowest BCUT2D eigenvalue weighted by molar-refractivity contribution is -0.120. The van der Waals surface area contributed by atoms with E-state index in [2.05, 4.69) is 20.8 Å². The number of likely N-dealkylation sites (N-methyl/N-ethyl adjacent to an activating group) is 1. The van der Waals surface area contributed by atoms with Crippen molar-refractivity contribution >= 4 is 40.1 Å². The second kappa shape index (κ2) is 8.16. The maximum absolute atomic E-state index is 13.7. The van der Waals surface area contributed by atoms with Crippen molar-refractivity contribution in [3.63, 3.8) is 0 Å². The van der Waals surface area contributed by atoms with Crippen LogP contribution < -0.4 is 9.80 Å². The number of thiophene rings is 1. The highest BCUT2D eigenvalue weighted by atomic mass is 32.1. The first-order chi connectivity index (χ1) is 14.8. The fourth-order valence-electron chi connectivity index (χ4n) is 3.83. The number of carbonyl (C=O) groups excluding carboxylic acids is 2. The molecule has 0 aliphatic carbocycles. The molecule has 0 fully saturated rings. The van der Waals surface area contributed by atoms with Gasteiger partial charge in [0, 0.05) is 17.1 Å². The number of rotatable bonds is 5. The predicted molar refractivity (Wildman–Crippen MR) is 128 cm³/mol. The number of hydrogen-bond donors (Lipinski definition) is 0. The Morgan fingerprint density at radius 1 is 0.871 bits per heavy atom. The van der Waals surface area contributed by atoms with E-state index in [1.54, 1.807) is 0 Å². The number of hydrogen-bond acceptors (Lipinski definition) is 4. The van der Waals surface area contributed by atoms with Crippen molar-refractivity contribution in [3.05, 3.63) is 88.2 Å². The summed E-state index contributed by atoms with van der Waals surface area (Å²) < 4.78 is 0. The van der Waals surface area contributed by atoms with Gasteiger partial charge in [0.25, 0.3) is 11.8 Å². The van der Waals surface area contributed by atoms with Gasteiger partial charge in [-0.05, 0) is 53.6 Å². The zero-order valence-electron chi connectivity index (χ0n) is 18.3. The topological polar surface area (TPSA) is 40.6 Å². The Morgan fingerprint density at radius 3 is 2.10 bits per heavy atom. The quantitative estimate of drug-likeness (QED) is 0.476. The molecule has 0 saturated heterocycles. The standard InChI is InChI=1S/C26H26N2O2S/c1-5-27(19-10-7-6-8-11-19)23-22(21-12-9-17-31-21)24(29)28(25(23)30)20-15-13-18(14-16-20)26(2,3)4/h6-17H,5H2,1-4H3. The third kappa shape index (κ3) is 3.81. The predicted octanol–water partition coefficient (Wildman–Crippen LogP) is 5.86. The van der Waals surface area contributed by atoms with Crippen LogP contribution in [0.25, 0.3) is 5.57 Å². The van der Waals surface area contributed by atoms with E-state index in [1.807, 2.05) is 83.9 Å². The highest BCUT2D eigenvalue weighted by Gasteiger charge is 2.43. The van der Waals surface area contributed by atoms with Gasteiger partial charge in [-0.3, -0.25) is 9.59 Å². The summed E-state index contributed by atoms with van der Waals surface area (Å²) in [7, 11) is 0. The van der Waals surface area contributed by atoms with Crippen LogP contribution in [0, 0.1) is 0 Å². The van der Waals surface area contributed by atoms with Crippen molar-refractivity contribution in [2.75, 3.05) is 16.3 Å². The third-order valence-corrected chi connectivity index (χ3v) is 6.36. The van der Waals surface area contributed by atoms with Crippen LogP contribution in [0.2, 0.25) is 0 Å². The van der Waals surface area contributed by atoms with Crippen LogP contribution in [-0.4, -0.2) is 18.4 Å². The van der Waals surface area contributed by atoms with Crippen molar-refractivity contribution in [2.45, 2.75) is 33.1 Å². The summed E-state index contributed by atoms with van der Waals surface area (Å²) in [5.74, 6) is -0.567. The van der Waals surface area contributed by atoms with Crippen LogP contribution in [-0.2, 0) is 15.0 Å². The van der Waals surface area contributed by atoms with E-state index in [0.717, 1.165) is 16.1 Å². The van der Waals surface area contributed by atoms with Gasteiger partial charge in [-0.2, -0.15) is 0 Å².